The predicted octanol–water partition coefficient (Wildman–Crippen LogP) is 1.97. The van der Waals surface area contributed by atoms with Crippen LogP contribution in [0, 0.1) is 0 Å². The molecular formula is C18H17N5O3. The van der Waals surface area contributed by atoms with E-state index in [0.29, 0.717) is 17.9 Å². The molecule has 4 N–H and O–H groups in total. The van der Waals surface area contributed by atoms with E-state index < -0.39 is 5.97 Å². The van der Waals surface area contributed by atoms with Gasteiger partial charge in [0.25, 0.3) is 0 Å². The Morgan fingerprint density at radius 3 is 2.15 bits per heavy atom. The monoisotopic (exact) mass is 351 g/mol. The van der Waals surface area contributed by atoms with Gasteiger partial charge in [-0.2, -0.15) is 15.0 Å². The maximum absolute atomic E-state index is 12.1. The van der Waals surface area contributed by atoms with Crippen LogP contribution in [0.4, 0.5) is 11.9 Å². The number of rotatable bonds is 6. The van der Waals surface area contributed by atoms with Gasteiger partial charge in [0.2, 0.25) is 11.9 Å². The first kappa shape index (κ1) is 17.2. The van der Waals surface area contributed by atoms with E-state index in [1.807, 2.05) is 30.3 Å². The van der Waals surface area contributed by atoms with Crippen LogP contribution in [-0.4, -0.2) is 20.9 Å². The zero-order valence-electron chi connectivity index (χ0n) is 13.8. The van der Waals surface area contributed by atoms with Crippen molar-refractivity contribution in [1.82, 2.24) is 15.0 Å². The van der Waals surface area contributed by atoms with Crippen molar-refractivity contribution >= 4 is 17.9 Å². The van der Waals surface area contributed by atoms with Crippen LogP contribution < -0.4 is 16.2 Å². The van der Waals surface area contributed by atoms with Crippen LogP contribution in [0.5, 0.6) is 5.75 Å². The van der Waals surface area contributed by atoms with E-state index >= 15 is 0 Å². The zero-order valence-corrected chi connectivity index (χ0v) is 13.8. The lowest BCUT2D eigenvalue weighted by Crippen LogP contribution is -2.11. The van der Waals surface area contributed by atoms with Crippen molar-refractivity contribution in [1.29, 1.82) is 0 Å². The lowest BCUT2D eigenvalue weighted by Gasteiger charge is -2.08. The number of esters is 1. The SMILES string of the molecule is Nc1nc(N)nc(COC(=O)c2ccc(OCc3ccccc3)cc2)n1. The van der Waals surface area contributed by atoms with Crippen LogP contribution in [0.2, 0.25) is 0 Å². The minimum Gasteiger partial charge on any atom is -0.489 e. The number of nitrogens with two attached hydrogens (primary N) is 2. The van der Waals surface area contributed by atoms with Crippen LogP contribution in [0.3, 0.4) is 0 Å². The van der Waals surface area contributed by atoms with Crippen LogP contribution in [0.15, 0.2) is 54.6 Å². The maximum Gasteiger partial charge on any atom is 0.338 e. The highest BCUT2D eigenvalue weighted by molar-refractivity contribution is 5.89. The van der Waals surface area contributed by atoms with Gasteiger partial charge in [0.1, 0.15) is 12.4 Å². The van der Waals surface area contributed by atoms with Gasteiger partial charge >= 0.3 is 5.97 Å². The number of hydrogen-bond acceptors (Lipinski definition) is 8. The molecule has 0 aliphatic carbocycles. The molecule has 0 spiro atoms. The normalized spacial score (nSPS) is 10.3. The van der Waals surface area contributed by atoms with Gasteiger partial charge in [-0.3, -0.25) is 0 Å². The molecule has 3 rings (SSSR count). The number of ether oxygens (including phenoxy) is 2. The van der Waals surface area contributed by atoms with Crippen molar-refractivity contribution in [3.05, 3.63) is 71.5 Å². The highest BCUT2D eigenvalue weighted by atomic mass is 16.5. The first-order chi connectivity index (χ1) is 12.6. The molecule has 0 saturated carbocycles. The summed E-state index contributed by atoms with van der Waals surface area (Å²) in [7, 11) is 0. The summed E-state index contributed by atoms with van der Waals surface area (Å²) in [6.45, 7) is 0.300. The Kier molecular flexibility index (Phi) is 5.23. The molecule has 0 bridgehead atoms. The number of hydrogen-bond donors (Lipinski definition) is 2. The van der Waals surface area contributed by atoms with Gasteiger partial charge in [0.05, 0.1) is 5.56 Å². The summed E-state index contributed by atoms with van der Waals surface area (Å²) >= 11 is 0. The fourth-order valence-electron chi connectivity index (χ4n) is 2.16. The topological polar surface area (TPSA) is 126 Å². The lowest BCUT2D eigenvalue weighted by molar-refractivity contribution is 0.0462. The van der Waals surface area contributed by atoms with Gasteiger partial charge in [-0.15, -0.1) is 0 Å². The number of carbonyl (C=O) groups excluding carboxylic acids is 1. The maximum atomic E-state index is 12.1. The summed E-state index contributed by atoms with van der Waals surface area (Å²) in [6.07, 6.45) is 0. The van der Waals surface area contributed by atoms with Gasteiger partial charge in [0, 0.05) is 0 Å². The van der Waals surface area contributed by atoms with Crippen LogP contribution >= 0.6 is 0 Å². The molecule has 0 unspecified atom stereocenters. The molecule has 1 heterocycles. The minimum absolute atomic E-state index is 0.0246. The zero-order chi connectivity index (χ0) is 18.4. The van der Waals surface area contributed by atoms with Gasteiger partial charge in [-0.25, -0.2) is 4.79 Å². The number of carbonyl (C=O) groups is 1. The fourth-order valence-corrected chi connectivity index (χ4v) is 2.16. The van der Waals surface area contributed by atoms with Crippen molar-refractivity contribution in [3.8, 4) is 5.75 Å². The Hall–Kier alpha value is -3.68. The molecule has 132 valence electrons. The molecule has 0 atom stereocenters. The Balaban J connectivity index is 1.54. The van der Waals surface area contributed by atoms with Crippen molar-refractivity contribution in [2.75, 3.05) is 11.5 Å². The molecule has 26 heavy (non-hydrogen) atoms. The lowest BCUT2D eigenvalue weighted by atomic mass is 10.2. The van der Waals surface area contributed by atoms with E-state index in [0.717, 1.165) is 5.56 Å². The molecule has 0 amide bonds. The minimum atomic E-state index is -0.517. The number of anilines is 2. The highest BCUT2D eigenvalue weighted by Gasteiger charge is 2.10. The van der Waals surface area contributed by atoms with E-state index in [9.17, 15) is 4.79 Å². The second-order valence-electron chi connectivity index (χ2n) is 5.34. The van der Waals surface area contributed by atoms with Crippen molar-refractivity contribution < 1.29 is 14.3 Å². The average molecular weight is 351 g/mol. The van der Waals surface area contributed by atoms with Gasteiger partial charge in [-0.05, 0) is 29.8 Å². The third-order valence-electron chi connectivity index (χ3n) is 3.39. The Morgan fingerprint density at radius 1 is 0.846 bits per heavy atom. The van der Waals surface area contributed by atoms with E-state index in [-0.39, 0.29) is 24.3 Å². The van der Waals surface area contributed by atoms with Crippen LogP contribution in [-0.2, 0) is 18.0 Å². The summed E-state index contributed by atoms with van der Waals surface area (Å²) < 4.78 is 10.8. The molecule has 1 aromatic heterocycles. The molecular weight excluding hydrogens is 334 g/mol. The molecule has 8 nitrogen and oxygen atoms in total. The molecule has 8 heteroatoms. The van der Waals surface area contributed by atoms with E-state index in [1.54, 1.807) is 24.3 Å². The molecule has 0 aliphatic heterocycles. The highest BCUT2D eigenvalue weighted by Crippen LogP contribution is 2.15. The van der Waals surface area contributed by atoms with Gasteiger partial charge in [-0.1, -0.05) is 30.3 Å². The number of benzene rings is 2. The number of aromatic nitrogens is 3. The summed E-state index contributed by atoms with van der Waals surface area (Å²) in [5, 5.41) is 0. The Bertz CT molecular complexity index is 865. The first-order valence-corrected chi connectivity index (χ1v) is 7.80. The first-order valence-electron chi connectivity index (χ1n) is 7.80. The van der Waals surface area contributed by atoms with E-state index in [4.69, 9.17) is 20.9 Å². The quantitative estimate of drug-likeness (QED) is 0.645. The predicted molar refractivity (Wildman–Crippen MR) is 95.0 cm³/mol. The molecule has 2 aromatic carbocycles. The van der Waals surface area contributed by atoms with Gasteiger partial charge < -0.3 is 20.9 Å². The number of nitrogens with zero attached hydrogens (tertiary/aromatic N) is 3. The smallest absolute Gasteiger partial charge is 0.338 e. The fraction of sp³-hybridized carbons (Fsp3) is 0.111. The second-order valence-corrected chi connectivity index (χ2v) is 5.34. The van der Waals surface area contributed by atoms with Crippen molar-refractivity contribution in [3.63, 3.8) is 0 Å². The standard InChI is InChI=1S/C18H17N5O3/c19-17-21-15(22-18(20)23-17)11-26-16(24)13-6-8-14(9-7-13)25-10-12-4-2-1-3-5-12/h1-9H,10-11H2,(H4,19,20,21,22,23). The average Bonchev–Trinajstić information content (AvgIpc) is 2.65. The van der Waals surface area contributed by atoms with E-state index in [2.05, 4.69) is 15.0 Å². The largest absolute Gasteiger partial charge is 0.489 e. The number of nitrogen functional groups attached to an aromatic ring is 2. The van der Waals surface area contributed by atoms with Crippen LogP contribution in [0.1, 0.15) is 21.7 Å². The summed E-state index contributed by atoms with van der Waals surface area (Å²) in [4.78, 5) is 23.4. The molecule has 0 radical (unpaired) electrons. The van der Waals surface area contributed by atoms with E-state index in [1.165, 1.54) is 0 Å². The third-order valence-corrected chi connectivity index (χ3v) is 3.39. The molecule has 3 aromatic rings. The molecule has 0 fully saturated rings. The summed E-state index contributed by atoms with van der Waals surface area (Å²) in [5.41, 5.74) is 12.4. The second kappa shape index (κ2) is 7.93. The molecule has 0 aliphatic rings. The Labute approximate surface area is 149 Å². The van der Waals surface area contributed by atoms with Crippen molar-refractivity contribution in [2.45, 2.75) is 13.2 Å². The van der Waals surface area contributed by atoms with Gasteiger partial charge in [0.15, 0.2) is 12.4 Å². The summed E-state index contributed by atoms with van der Waals surface area (Å²) in [6, 6.07) is 16.5. The van der Waals surface area contributed by atoms with Crippen molar-refractivity contribution in [2.24, 2.45) is 0 Å². The third kappa shape index (κ3) is 4.67. The molecule has 0 saturated heterocycles. The van der Waals surface area contributed by atoms with Crippen LogP contribution in [0.25, 0.3) is 0 Å². The Morgan fingerprint density at radius 2 is 1.50 bits per heavy atom. The summed E-state index contributed by atoms with van der Waals surface area (Å²) in [5.74, 6) is 0.277.